The molecule has 1 aliphatic carbocycles. The number of hydrogen-bond acceptors (Lipinski definition) is 5. The van der Waals surface area contributed by atoms with Gasteiger partial charge in [-0.05, 0) is 12.8 Å². The molecule has 4 rings (SSSR count). The highest BCUT2D eigenvalue weighted by Gasteiger charge is 2.80. The zero-order valence-electron chi connectivity index (χ0n) is 12.5. The molecular formula is C16H18O5. The van der Waals surface area contributed by atoms with Crippen LogP contribution in [-0.4, -0.2) is 23.5 Å². The van der Waals surface area contributed by atoms with Crippen molar-refractivity contribution in [1.82, 2.24) is 0 Å². The summed E-state index contributed by atoms with van der Waals surface area (Å²) in [6, 6.07) is 0. The van der Waals surface area contributed by atoms with Crippen molar-refractivity contribution in [3.8, 4) is 0 Å². The van der Waals surface area contributed by atoms with Crippen LogP contribution >= 0.6 is 0 Å². The van der Waals surface area contributed by atoms with Crippen LogP contribution in [0.4, 0.5) is 0 Å². The number of carbonyl (C=O) groups excluding carboxylic acids is 2. The average Bonchev–Trinajstić information content (AvgIpc) is 2.81. The van der Waals surface area contributed by atoms with Crippen LogP contribution < -0.4 is 0 Å². The third-order valence-electron chi connectivity index (χ3n) is 5.52. The minimum absolute atomic E-state index is 0.143. The first-order valence-corrected chi connectivity index (χ1v) is 7.31. The molecule has 0 radical (unpaired) electrons. The molecule has 3 heterocycles. The predicted octanol–water partition coefficient (Wildman–Crippen LogP) is 1.93. The van der Waals surface area contributed by atoms with E-state index in [1.165, 1.54) is 0 Å². The van der Waals surface area contributed by atoms with Crippen molar-refractivity contribution in [1.29, 1.82) is 0 Å². The molecule has 3 fully saturated rings. The smallest absolute Gasteiger partial charge is 0.336 e. The van der Waals surface area contributed by atoms with Crippen molar-refractivity contribution in [2.24, 2.45) is 23.2 Å². The molecular weight excluding hydrogens is 272 g/mol. The molecule has 3 saturated heterocycles. The van der Waals surface area contributed by atoms with Gasteiger partial charge in [-0.25, -0.2) is 4.79 Å². The molecule has 21 heavy (non-hydrogen) atoms. The van der Waals surface area contributed by atoms with Gasteiger partial charge in [-0.3, -0.25) is 9.53 Å². The molecule has 0 saturated carbocycles. The van der Waals surface area contributed by atoms with E-state index >= 15 is 0 Å². The van der Waals surface area contributed by atoms with Crippen molar-refractivity contribution in [2.75, 3.05) is 0 Å². The second-order valence-electron chi connectivity index (χ2n) is 6.71. The molecule has 5 heteroatoms. The van der Waals surface area contributed by atoms with Gasteiger partial charge in [-0.1, -0.05) is 25.2 Å². The standard InChI is InChI=1S/C16H18O5/c1-5-6-16-8(2)7-9-10-11(16)15(4,20-13(16)18)21-14(10,3)19-12(9)17/h5-8,10-11H,1-4H3/b6-5+/t8-,10-,11+,14+,15-,16+/m1/s1. The van der Waals surface area contributed by atoms with Crippen LogP contribution in [0, 0.1) is 23.2 Å². The van der Waals surface area contributed by atoms with Crippen LogP contribution in [0.3, 0.4) is 0 Å². The first kappa shape index (κ1) is 13.1. The van der Waals surface area contributed by atoms with Gasteiger partial charge in [0.05, 0.1) is 11.8 Å². The lowest BCUT2D eigenvalue weighted by atomic mass is 9.57. The van der Waals surface area contributed by atoms with Crippen LogP contribution in [0.15, 0.2) is 23.8 Å². The van der Waals surface area contributed by atoms with Gasteiger partial charge < -0.3 is 9.47 Å². The van der Waals surface area contributed by atoms with E-state index in [9.17, 15) is 9.59 Å². The molecule has 6 atom stereocenters. The zero-order chi connectivity index (χ0) is 15.2. The lowest BCUT2D eigenvalue weighted by Gasteiger charge is -2.39. The van der Waals surface area contributed by atoms with E-state index < -0.39 is 17.0 Å². The summed E-state index contributed by atoms with van der Waals surface area (Å²) in [4.78, 5) is 24.8. The minimum atomic E-state index is -1.05. The second-order valence-corrected chi connectivity index (χ2v) is 6.71. The number of esters is 2. The Kier molecular flexibility index (Phi) is 2.12. The summed E-state index contributed by atoms with van der Waals surface area (Å²) < 4.78 is 17.1. The lowest BCUT2D eigenvalue weighted by Crippen LogP contribution is -2.47. The molecule has 5 nitrogen and oxygen atoms in total. The Labute approximate surface area is 122 Å². The topological polar surface area (TPSA) is 61.8 Å². The van der Waals surface area contributed by atoms with Crippen LogP contribution in [0.5, 0.6) is 0 Å². The summed E-state index contributed by atoms with van der Waals surface area (Å²) in [6.45, 7) is 7.35. The van der Waals surface area contributed by atoms with E-state index in [1.807, 2.05) is 32.1 Å². The van der Waals surface area contributed by atoms with Gasteiger partial charge in [0, 0.05) is 19.4 Å². The maximum absolute atomic E-state index is 12.6. The largest absolute Gasteiger partial charge is 0.432 e. The van der Waals surface area contributed by atoms with E-state index in [0.29, 0.717) is 5.57 Å². The van der Waals surface area contributed by atoms with Gasteiger partial charge in [0.15, 0.2) is 0 Å². The number of carbonyl (C=O) groups is 2. The summed E-state index contributed by atoms with van der Waals surface area (Å²) in [5, 5.41) is 0. The van der Waals surface area contributed by atoms with Gasteiger partial charge >= 0.3 is 11.9 Å². The van der Waals surface area contributed by atoms with Crippen molar-refractivity contribution in [3.05, 3.63) is 23.8 Å². The van der Waals surface area contributed by atoms with Crippen molar-refractivity contribution < 1.29 is 23.8 Å². The highest BCUT2D eigenvalue weighted by Crippen LogP contribution is 2.68. The molecule has 4 aliphatic rings. The maximum atomic E-state index is 12.6. The fourth-order valence-corrected chi connectivity index (χ4v) is 4.89. The first-order valence-electron chi connectivity index (χ1n) is 7.31. The van der Waals surface area contributed by atoms with E-state index in [4.69, 9.17) is 14.2 Å². The molecule has 3 aliphatic heterocycles. The molecule has 0 aromatic heterocycles. The molecule has 0 amide bonds. The Morgan fingerprint density at radius 3 is 2.57 bits per heavy atom. The summed E-state index contributed by atoms with van der Waals surface area (Å²) in [7, 11) is 0. The van der Waals surface area contributed by atoms with Crippen molar-refractivity contribution >= 4 is 11.9 Å². The van der Waals surface area contributed by atoms with Gasteiger partial charge in [-0.2, -0.15) is 0 Å². The Morgan fingerprint density at radius 2 is 1.90 bits per heavy atom. The average molecular weight is 290 g/mol. The Bertz CT molecular complexity index is 635. The predicted molar refractivity (Wildman–Crippen MR) is 71.6 cm³/mol. The Hall–Kier alpha value is -1.62. The molecule has 0 aromatic rings. The fourth-order valence-electron chi connectivity index (χ4n) is 4.89. The minimum Gasteiger partial charge on any atom is -0.432 e. The molecule has 0 spiro atoms. The van der Waals surface area contributed by atoms with Crippen molar-refractivity contribution in [2.45, 2.75) is 39.3 Å². The third kappa shape index (κ3) is 1.19. The van der Waals surface area contributed by atoms with Gasteiger partial charge in [0.2, 0.25) is 11.6 Å². The van der Waals surface area contributed by atoms with Crippen LogP contribution in [0.2, 0.25) is 0 Å². The first-order chi connectivity index (χ1) is 9.78. The normalized spacial score (nSPS) is 53.7. The monoisotopic (exact) mass is 290 g/mol. The van der Waals surface area contributed by atoms with Crippen LogP contribution in [-0.2, 0) is 23.8 Å². The zero-order valence-corrected chi connectivity index (χ0v) is 12.5. The summed E-state index contributed by atoms with van der Waals surface area (Å²) in [5.41, 5.74) is -0.166. The number of allylic oxidation sites excluding steroid dienone is 2. The van der Waals surface area contributed by atoms with Crippen molar-refractivity contribution in [3.63, 3.8) is 0 Å². The number of ether oxygens (including phenoxy) is 3. The SMILES string of the molecule is C/C=C/[C@]12C(=O)O[C@]3(C)O[C@]4(C)OC(=O)C(=C[C@H]1C)[C@@H]4[C@@H]32. The van der Waals surface area contributed by atoms with E-state index in [2.05, 4.69) is 0 Å². The number of hydrogen-bond donors (Lipinski definition) is 0. The fraction of sp³-hybridized carbons (Fsp3) is 0.625. The maximum Gasteiger partial charge on any atom is 0.336 e. The Morgan fingerprint density at radius 1 is 1.19 bits per heavy atom. The van der Waals surface area contributed by atoms with Gasteiger partial charge in [0.1, 0.15) is 5.41 Å². The highest BCUT2D eigenvalue weighted by atomic mass is 16.8. The molecule has 112 valence electrons. The molecule has 0 bridgehead atoms. The number of rotatable bonds is 1. The van der Waals surface area contributed by atoms with E-state index in [1.54, 1.807) is 13.8 Å². The quantitative estimate of drug-likeness (QED) is 0.545. The second kappa shape index (κ2) is 3.40. The van der Waals surface area contributed by atoms with E-state index in [-0.39, 0.29) is 29.7 Å². The summed E-state index contributed by atoms with van der Waals surface area (Å²) in [6.07, 6.45) is 5.63. The highest BCUT2D eigenvalue weighted by molar-refractivity contribution is 5.95. The molecule has 0 N–H and O–H groups in total. The van der Waals surface area contributed by atoms with Crippen LogP contribution in [0.25, 0.3) is 0 Å². The summed E-state index contributed by atoms with van der Waals surface area (Å²) in [5.74, 6) is -3.38. The summed E-state index contributed by atoms with van der Waals surface area (Å²) >= 11 is 0. The van der Waals surface area contributed by atoms with Gasteiger partial charge in [-0.15, -0.1) is 0 Å². The molecule has 0 unspecified atom stereocenters. The molecule has 0 aromatic carbocycles. The third-order valence-corrected chi connectivity index (χ3v) is 5.52. The lowest BCUT2D eigenvalue weighted by molar-refractivity contribution is -0.280. The van der Waals surface area contributed by atoms with Gasteiger partial charge in [0.25, 0.3) is 0 Å². The Balaban J connectivity index is 2.02. The van der Waals surface area contributed by atoms with Crippen LogP contribution in [0.1, 0.15) is 27.7 Å². The van der Waals surface area contributed by atoms with E-state index in [0.717, 1.165) is 0 Å².